The molecule has 2 nitrogen and oxygen atoms in total. The van der Waals surface area contributed by atoms with E-state index in [1.54, 1.807) is 6.07 Å². The number of halogens is 1. The van der Waals surface area contributed by atoms with Gasteiger partial charge in [-0.1, -0.05) is 0 Å². The summed E-state index contributed by atoms with van der Waals surface area (Å²) in [5, 5.41) is 3.83. The van der Waals surface area contributed by atoms with Crippen molar-refractivity contribution in [3.8, 4) is 0 Å². The molecule has 0 bridgehead atoms. The van der Waals surface area contributed by atoms with Crippen LogP contribution in [0.25, 0.3) is 0 Å². The fourth-order valence-electron chi connectivity index (χ4n) is 0.862. The quantitative estimate of drug-likeness (QED) is 0.518. The molecular weight excluding hydrogens is 131 g/mol. The molecule has 0 saturated carbocycles. The molecule has 1 heterocycles. The molecule has 0 atom stereocenters. The molecule has 0 amide bonds. The van der Waals surface area contributed by atoms with Gasteiger partial charge in [0.25, 0.3) is 0 Å². The molecule has 1 radical (unpaired) electrons. The van der Waals surface area contributed by atoms with E-state index >= 15 is 0 Å². The lowest BCUT2D eigenvalue weighted by atomic mass is 10.3. The van der Waals surface area contributed by atoms with E-state index in [-0.39, 0.29) is 5.82 Å². The average Bonchev–Trinajstić information content (AvgIpc) is 2.33. The van der Waals surface area contributed by atoms with Gasteiger partial charge in [0, 0.05) is 6.07 Å². The first-order valence-corrected chi connectivity index (χ1v) is 2.89. The molecule has 1 aromatic rings. The predicted molar refractivity (Wildman–Crippen MR) is 36.3 cm³/mol. The van der Waals surface area contributed by atoms with E-state index in [4.69, 9.17) is 0 Å². The first kappa shape index (κ1) is 5.41. The van der Waals surface area contributed by atoms with Crippen molar-refractivity contribution in [1.82, 2.24) is 5.32 Å². The van der Waals surface area contributed by atoms with Gasteiger partial charge in [-0.2, -0.15) is 0 Å². The van der Waals surface area contributed by atoms with Crippen LogP contribution in [0.3, 0.4) is 0 Å². The maximum absolute atomic E-state index is 12.4. The number of hydrogen-bond donors (Lipinski definition) is 0. The Labute approximate surface area is 57.4 Å². The summed E-state index contributed by atoms with van der Waals surface area (Å²) in [5.41, 5.74) is 1.35. The van der Waals surface area contributed by atoms with Gasteiger partial charge >= 0.3 is 0 Å². The van der Waals surface area contributed by atoms with Crippen LogP contribution in [0, 0.1) is 5.82 Å². The van der Waals surface area contributed by atoms with E-state index in [0.29, 0.717) is 5.69 Å². The predicted octanol–water partition coefficient (Wildman–Crippen LogP) is 1.73. The second-order valence-corrected chi connectivity index (χ2v) is 2.01. The standard InChI is InChI=1S/C7H4FN2/c8-5-1-2-6-7(3-5)10-4-9-6/h1-4H. The molecule has 2 rings (SSSR count). The SMILES string of the molecule is Fc1ccc2c(c1)[N]C=N2. The molecule has 1 aliphatic heterocycles. The maximum atomic E-state index is 12.4. The van der Waals surface area contributed by atoms with Gasteiger partial charge in [0.1, 0.15) is 12.2 Å². The van der Waals surface area contributed by atoms with Crippen molar-refractivity contribution in [2.24, 2.45) is 4.99 Å². The van der Waals surface area contributed by atoms with Crippen molar-refractivity contribution in [3.05, 3.63) is 24.0 Å². The summed E-state index contributed by atoms with van der Waals surface area (Å²) in [6, 6.07) is 4.34. The van der Waals surface area contributed by atoms with Crippen molar-refractivity contribution >= 4 is 17.7 Å². The zero-order chi connectivity index (χ0) is 6.97. The molecule has 0 aromatic heterocycles. The van der Waals surface area contributed by atoms with Crippen LogP contribution in [-0.2, 0) is 0 Å². The summed E-state index contributed by atoms with van der Waals surface area (Å²) in [6.07, 6.45) is 1.42. The average molecular weight is 135 g/mol. The fourth-order valence-corrected chi connectivity index (χ4v) is 0.862. The lowest BCUT2D eigenvalue weighted by Crippen LogP contribution is -1.85. The second-order valence-electron chi connectivity index (χ2n) is 2.01. The molecule has 0 N–H and O–H groups in total. The molecule has 1 aromatic carbocycles. The molecule has 1 aliphatic rings. The summed E-state index contributed by atoms with van der Waals surface area (Å²) >= 11 is 0. The minimum Gasteiger partial charge on any atom is -0.235 e. The molecule has 49 valence electrons. The fraction of sp³-hybridized carbons (Fsp3) is 0. The molecule has 0 fully saturated rings. The number of hydrogen-bond acceptors (Lipinski definition) is 1. The molecule has 0 saturated heterocycles. The lowest BCUT2D eigenvalue weighted by Gasteiger charge is -1.93. The first-order valence-electron chi connectivity index (χ1n) is 2.89. The molecule has 10 heavy (non-hydrogen) atoms. The zero-order valence-electron chi connectivity index (χ0n) is 5.08. The Morgan fingerprint density at radius 1 is 1.20 bits per heavy atom. The number of benzene rings is 1. The number of fused-ring (bicyclic) bond motifs is 1. The molecule has 3 heteroatoms. The van der Waals surface area contributed by atoms with Gasteiger partial charge in [0.2, 0.25) is 0 Å². The topological polar surface area (TPSA) is 26.5 Å². The van der Waals surface area contributed by atoms with Crippen molar-refractivity contribution in [3.63, 3.8) is 0 Å². The maximum Gasteiger partial charge on any atom is 0.125 e. The Hall–Kier alpha value is -1.38. The van der Waals surface area contributed by atoms with Gasteiger partial charge < -0.3 is 0 Å². The van der Waals surface area contributed by atoms with Gasteiger partial charge in [-0.15, -0.1) is 0 Å². The normalized spacial score (nSPS) is 12.9. The van der Waals surface area contributed by atoms with E-state index in [1.165, 1.54) is 18.5 Å². The van der Waals surface area contributed by atoms with Crippen molar-refractivity contribution < 1.29 is 4.39 Å². The lowest BCUT2D eigenvalue weighted by molar-refractivity contribution is 0.628. The van der Waals surface area contributed by atoms with Crippen LogP contribution >= 0.6 is 0 Å². The van der Waals surface area contributed by atoms with Crippen LogP contribution in [0.15, 0.2) is 23.2 Å². The van der Waals surface area contributed by atoms with Crippen molar-refractivity contribution in [1.29, 1.82) is 0 Å². The number of nitrogens with zero attached hydrogens (tertiary/aromatic N) is 2. The summed E-state index contributed by atoms with van der Waals surface area (Å²) in [4.78, 5) is 3.88. The highest BCUT2D eigenvalue weighted by Gasteiger charge is 2.06. The van der Waals surface area contributed by atoms with Crippen LogP contribution < -0.4 is 5.32 Å². The summed E-state index contributed by atoms with van der Waals surface area (Å²) in [6.45, 7) is 0. The number of rotatable bonds is 0. The van der Waals surface area contributed by atoms with Gasteiger partial charge in [0.05, 0.1) is 11.4 Å². The third kappa shape index (κ3) is 0.673. The van der Waals surface area contributed by atoms with E-state index in [0.717, 1.165) is 5.69 Å². The zero-order valence-corrected chi connectivity index (χ0v) is 5.08. The monoisotopic (exact) mass is 135 g/mol. The summed E-state index contributed by atoms with van der Waals surface area (Å²) in [7, 11) is 0. The smallest absolute Gasteiger partial charge is 0.125 e. The van der Waals surface area contributed by atoms with E-state index in [2.05, 4.69) is 10.3 Å². The van der Waals surface area contributed by atoms with Crippen LogP contribution in [-0.4, -0.2) is 6.34 Å². The molecular formula is C7H4FN2. The van der Waals surface area contributed by atoms with Crippen molar-refractivity contribution in [2.45, 2.75) is 0 Å². The second kappa shape index (κ2) is 1.80. The Kier molecular flexibility index (Phi) is 0.974. The third-order valence-corrected chi connectivity index (χ3v) is 1.33. The Balaban J connectivity index is 2.59. The molecule has 0 spiro atoms. The Bertz CT molecular complexity index is 294. The largest absolute Gasteiger partial charge is 0.235 e. The first-order chi connectivity index (χ1) is 4.86. The summed E-state index contributed by atoms with van der Waals surface area (Å²) < 4.78 is 12.4. The van der Waals surface area contributed by atoms with E-state index in [9.17, 15) is 4.39 Å². The minimum absolute atomic E-state index is 0.270. The minimum atomic E-state index is -0.270. The molecule has 0 unspecified atom stereocenters. The van der Waals surface area contributed by atoms with Gasteiger partial charge in [-0.25, -0.2) is 14.7 Å². The molecule has 0 aliphatic carbocycles. The highest BCUT2D eigenvalue weighted by Crippen LogP contribution is 2.28. The van der Waals surface area contributed by atoms with Crippen molar-refractivity contribution in [2.75, 3.05) is 0 Å². The Morgan fingerprint density at radius 2 is 2.10 bits per heavy atom. The van der Waals surface area contributed by atoms with Crippen LogP contribution in [0.2, 0.25) is 0 Å². The van der Waals surface area contributed by atoms with Gasteiger partial charge in [-0.3, -0.25) is 0 Å². The number of aliphatic imine (C=N–C) groups is 1. The van der Waals surface area contributed by atoms with E-state index < -0.39 is 0 Å². The van der Waals surface area contributed by atoms with Crippen LogP contribution in [0.5, 0.6) is 0 Å². The van der Waals surface area contributed by atoms with E-state index in [1.807, 2.05) is 0 Å². The van der Waals surface area contributed by atoms with Gasteiger partial charge in [0.15, 0.2) is 0 Å². The third-order valence-electron chi connectivity index (χ3n) is 1.33. The van der Waals surface area contributed by atoms with Gasteiger partial charge in [-0.05, 0) is 12.1 Å². The summed E-state index contributed by atoms with van der Waals surface area (Å²) in [5.74, 6) is -0.270. The van der Waals surface area contributed by atoms with Crippen LogP contribution in [0.4, 0.5) is 15.8 Å². The highest BCUT2D eigenvalue weighted by molar-refractivity contribution is 5.81. The Morgan fingerprint density at radius 3 is 3.00 bits per heavy atom. The van der Waals surface area contributed by atoms with Crippen LogP contribution in [0.1, 0.15) is 0 Å². The highest BCUT2D eigenvalue weighted by atomic mass is 19.1.